The fraction of sp³-hybridized carbons (Fsp3) is 0.553. The van der Waals surface area contributed by atoms with Crippen LogP contribution in [0.15, 0.2) is 60.7 Å². The van der Waals surface area contributed by atoms with Crippen molar-refractivity contribution in [3.63, 3.8) is 0 Å². The third-order valence-electron chi connectivity index (χ3n) is 8.65. The van der Waals surface area contributed by atoms with Crippen LogP contribution in [0, 0.1) is 17.8 Å². The van der Waals surface area contributed by atoms with Gasteiger partial charge in [-0.05, 0) is 61.1 Å². The lowest BCUT2D eigenvalue weighted by Crippen LogP contribution is -2.59. The van der Waals surface area contributed by atoms with Gasteiger partial charge >= 0.3 is 0 Å². The van der Waals surface area contributed by atoms with Gasteiger partial charge in [-0.15, -0.1) is 0 Å². The molecule has 3 rings (SSSR count). The summed E-state index contributed by atoms with van der Waals surface area (Å²) in [6.07, 6.45) is 2.24. The van der Waals surface area contributed by atoms with E-state index in [9.17, 15) is 24.0 Å². The summed E-state index contributed by atoms with van der Waals surface area (Å²) in [6.45, 7) is 12.6. The highest BCUT2D eigenvalue weighted by Crippen LogP contribution is 2.13. The predicted octanol–water partition coefficient (Wildman–Crippen LogP) is 2.98. The molecule has 2 aromatic rings. The molecule has 2 aromatic carbocycles. The fourth-order valence-corrected chi connectivity index (χ4v) is 5.83. The SMILES string of the molecule is CC(C)C[C@@H]1NC(=O)[C@H](C(C)C)NC(=O)[C@H](CCCCNCc2ccccc2)NC(=O)[C@H](C(C)C)NC(=O)[C@H](Cc2ccccc2)NC1=O. The second kappa shape index (κ2) is 19.7. The Morgan fingerprint density at radius 2 is 1.02 bits per heavy atom. The van der Waals surface area contributed by atoms with E-state index in [0.717, 1.165) is 25.1 Å². The largest absolute Gasteiger partial charge is 0.343 e. The normalized spacial score (nSPS) is 22.9. The number of hydrogen-bond acceptors (Lipinski definition) is 6. The number of carbonyl (C=O) groups excluding carboxylic acids is 5. The summed E-state index contributed by atoms with van der Waals surface area (Å²) in [5, 5.41) is 17.7. The van der Waals surface area contributed by atoms with Crippen molar-refractivity contribution in [1.29, 1.82) is 0 Å². The van der Waals surface area contributed by atoms with E-state index in [-0.39, 0.29) is 24.2 Å². The molecule has 0 aliphatic carbocycles. The maximum atomic E-state index is 13.8. The van der Waals surface area contributed by atoms with Gasteiger partial charge in [-0.2, -0.15) is 0 Å². The molecule has 5 atom stereocenters. The van der Waals surface area contributed by atoms with Gasteiger partial charge in [0.05, 0.1) is 0 Å². The number of rotatable bonds is 13. The van der Waals surface area contributed by atoms with Crippen LogP contribution in [-0.4, -0.2) is 66.3 Å². The van der Waals surface area contributed by atoms with Crippen molar-refractivity contribution in [2.24, 2.45) is 17.8 Å². The smallest absolute Gasteiger partial charge is 0.243 e. The summed E-state index contributed by atoms with van der Waals surface area (Å²) >= 11 is 0. The minimum Gasteiger partial charge on any atom is -0.343 e. The quantitative estimate of drug-likeness (QED) is 0.179. The Morgan fingerprint density at radius 3 is 1.55 bits per heavy atom. The van der Waals surface area contributed by atoms with Gasteiger partial charge in [0.1, 0.15) is 30.2 Å². The molecule has 0 bridgehead atoms. The zero-order valence-corrected chi connectivity index (χ0v) is 29.9. The monoisotopic (exact) mass is 676 g/mol. The van der Waals surface area contributed by atoms with Gasteiger partial charge in [0, 0.05) is 13.0 Å². The molecular weight excluding hydrogens is 620 g/mol. The standard InChI is InChI=1S/C38H56N6O5/c1-24(2)21-30-35(46)41-31(22-27-15-9-7-10-16-27)36(47)44-32(25(3)4)37(48)40-29(34(45)43-33(26(5)6)38(49)42-30)19-13-14-20-39-23-28-17-11-8-12-18-28/h7-12,15-18,24-26,29-33,39H,13-14,19-23H2,1-6H3,(H,40,48)(H,41,46)(H,42,49)(H,43,45)(H,44,47)/t29-,30-,31-,32-,33-/m0/s1. The third-order valence-corrected chi connectivity index (χ3v) is 8.65. The molecule has 0 saturated carbocycles. The van der Waals surface area contributed by atoms with E-state index in [2.05, 4.69) is 44.0 Å². The van der Waals surface area contributed by atoms with Crippen LogP contribution in [0.5, 0.6) is 0 Å². The van der Waals surface area contributed by atoms with Crippen molar-refractivity contribution >= 4 is 29.5 Å². The minimum absolute atomic E-state index is 0.0466. The number of benzene rings is 2. The zero-order valence-electron chi connectivity index (χ0n) is 29.9. The van der Waals surface area contributed by atoms with Crippen LogP contribution >= 0.6 is 0 Å². The molecule has 1 aliphatic rings. The van der Waals surface area contributed by atoms with Crippen LogP contribution in [0.25, 0.3) is 0 Å². The van der Waals surface area contributed by atoms with E-state index in [0.29, 0.717) is 19.3 Å². The van der Waals surface area contributed by atoms with E-state index >= 15 is 0 Å². The molecule has 11 heteroatoms. The molecule has 0 aromatic heterocycles. The molecule has 1 heterocycles. The average Bonchev–Trinajstić information content (AvgIpc) is 3.06. The summed E-state index contributed by atoms with van der Waals surface area (Å²) < 4.78 is 0. The van der Waals surface area contributed by atoms with Crippen LogP contribution in [0.4, 0.5) is 0 Å². The molecular formula is C38H56N6O5. The van der Waals surface area contributed by atoms with E-state index in [1.165, 1.54) is 5.56 Å². The van der Waals surface area contributed by atoms with Crippen LogP contribution in [-0.2, 0) is 36.9 Å². The average molecular weight is 677 g/mol. The number of amides is 5. The van der Waals surface area contributed by atoms with Crippen LogP contribution in [0.3, 0.4) is 0 Å². The summed E-state index contributed by atoms with van der Waals surface area (Å²) in [5.74, 6) is -3.11. The molecule has 49 heavy (non-hydrogen) atoms. The Balaban J connectivity index is 1.89. The lowest BCUT2D eigenvalue weighted by molar-refractivity contribution is -0.135. The Morgan fingerprint density at radius 1 is 0.551 bits per heavy atom. The van der Waals surface area contributed by atoms with Crippen LogP contribution in [0.2, 0.25) is 0 Å². The first-order valence-corrected chi connectivity index (χ1v) is 17.7. The molecule has 0 unspecified atom stereocenters. The minimum atomic E-state index is -1.01. The van der Waals surface area contributed by atoms with Gasteiger partial charge < -0.3 is 31.9 Å². The highest BCUT2D eigenvalue weighted by Gasteiger charge is 2.36. The van der Waals surface area contributed by atoms with E-state index in [1.807, 2.05) is 90.1 Å². The first-order valence-electron chi connectivity index (χ1n) is 17.7. The molecule has 6 N–H and O–H groups in total. The highest BCUT2D eigenvalue weighted by atomic mass is 16.2. The van der Waals surface area contributed by atoms with Crippen molar-refractivity contribution in [2.45, 2.75) is 110 Å². The Hall–Kier alpha value is -4.25. The number of unbranched alkanes of at least 4 members (excludes halogenated alkanes) is 1. The van der Waals surface area contributed by atoms with Gasteiger partial charge in [0.15, 0.2) is 0 Å². The van der Waals surface area contributed by atoms with E-state index in [4.69, 9.17) is 0 Å². The van der Waals surface area contributed by atoms with Crippen molar-refractivity contribution in [3.05, 3.63) is 71.8 Å². The van der Waals surface area contributed by atoms with Gasteiger partial charge in [-0.3, -0.25) is 24.0 Å². The molecule has 11 nitrogen and oxygen atoms in total. The maximum Gasteiger partial charge on any atom is 0.243 e. The van der Waals surface area contributed by atoms with Gasteiger partial charge in [-0.1, -0.05) is 102 Å². The molecule has 1 saturated heterocycles. The van der Waals surface area contributed by atoms with Gasteiger partial charge in [0.25, 0.3) is 0 Å². The summed E-state index contributed by atoms with van der Waals surface area (Å²) in [4.78, 5) is 68.9. The summed E-state index contributed by atoms with van der Waals surface area (Å²) in [7, 11) is 0. The molecule has 0 radical (unpaired) electrons. The number of carbonyl (C=O) groups is 5. The zero-order chi connectivity index (χ0) is 35.9. The van der Waals surface area contributed by atoms with Crippen molar-refractivity contribution in [1.82, 2.24) is 31.9 Å². The first-order chi connectivity index (χ1) is 23.3. The van der Waals surface area contributed by atoms with E-state index in [1.54, 1.807) is 0 Å². The lowest BCUT2D eigenvalue weighted by Gasteiger charge is -2.28. The molecule has 5 amide bonds. The fourth-order valence-electron chi connectivity index (χ4n) is 5.83. The molecule has 268 valence electrons. The molecule has 0 spiro atoms. The van der Waals surface area contributed by atoms with Crippen molar-refractivity contribution < 1.29 is 24.0 Å². The van der Waals surface area contributed by atoms with Crippen LogP contribution < -0.4 is 31.9 Å². The topological polar surface area (TPSA) is 158 Å². The summed E-state index contributed by atoms with van der Waals surface area (Å²) in [6, 6.07) is 14.5. The van der Waals surface area contributed by atoms with Crippen LogP contribution in [0.1, 0.15) is 78.4 Å². The predicted molar refractivity (Wildman–Crippen MR) is 191 cm³/mol. The van der Waals surface area contributed by atoms with E-state index < -0.39 is 59.7 Å². The van der Waals surface area contributed by atoms with Gasteiger partial charge in [-0.25, -0.2) is 0 Å². The lowest BCUT2D eigenvalue weighted by atomic mass is 9.98. The Labute approximate surface area is 291 Å². The third kappa shape index (κ3) is 12.9. The summed E-state index contributed by atoms with van der Waals surface area (Å²) in [5.41, 5.74) is 2.00. The van der Waals surface area contributed by atoms with Crippen molar-refractivity contribution in [3.8, 4) is 0 Å². The second-order valence-electron chi connectivity index (χ2n) is 14.1. The second-order valence-corrected chi connectivity index (χ2v) is 14.1. The Kier molecular flexibility index (Phi) is 15.7. The number of hydrogen-bond donors (Lipinski definition) is 6. The molecule has 1 fully saturated rings. The van der Waals surface area contributed by atoms with Crippen molar-refractivity contribution in [2.75, 3.05) is 6.54 Å². The Bertz CT molecular complexity index is 1370. The molecule has 1 aliphatic heterocycles. The number of nitrogens with one attached hydrogen (secondary N) is 6. The highest BCUT2D eigenvalue weighted by molar-refractivity contribution is 5.98. The first kappa shape index (κ1) is 39.2. The maximum absolute atomic E-state index is 13.8. The van der Waals surface area contributed by atoms with Gasteiger partial charge in [0.2, 0.25) is 29.5 Å².